The summed E-state index contributed by atoms with van der Waals surface area (Å²) in [4.78, 5) is 18.7. The van der Waals surface area contributed by atoms with Crippen molar-refractivity contribution >= 4 is 33.9 Å². The Balaban J connectivity index is 2.18. The molecule has 0 saturated carbocycles. The molecule has 3 N–H and O–H groups in total. The van der Waals surface area contributed by atoms with E-state index in [0.29, 0.717) is 10.0 Å². The van der Waals surface area contributed by atoms with Crippen LogP contribution in [-0.2, 0) is 0 Å². The van der Waals surface area contributed by atoms with Crippen molar-refractivity contribution < 1.29 is 4.79 Å². The minimum Gasteiger partial charge on any atom is -0.382 e. The Kier molecular flexibility index (Phi) is 4.57. The van der Waals surface area contributed by atoms with E-state index in [-0.39, 0.29) is 11.7 Å². The van der Waals surface area contributed by atoms with Crippen LogP contribution in [0.5, 0.6) is 0 Å². The second-order valence-electron chi connectivity index (χ2n) is 4.36. The van der Waals surface area contributed by atoms with Gasteiger partial charge in [0.05, 0.1) is 0 Å². The van der Waals surface area contributed by atoms with Crippen molar-refractivity contribution in [2.75, 3.05) is 29.5 Å². The summed E-state index contributed by atoms with van der Waals surface area (Å²) >= 11 is 1.29. The van der Waals surface area contributed by atoms with Crippen LogP contribution in [0.4, 0.5) is 16.6 Å². The topological polar surface area (TPSA) is 71.2 Å². The standard InChI is InChI=1S/C14H18N4OS/c1-3-9-16-14-17-12(15)11(20-14)13(19)18(2)10-7-5-4-6-8-10/h4-8H,3,9,15H2,1-2H3,(H,16,17). The first-order valence-corrected chi connectivity index (χ1v) is 7.28. The molecule has 5 nitrogen and oxygen atoms in total. The quantitative estimate of drug-likeness (QED) is 0.888. The molecule has 1 aromatic heterocycles. The van der Waals surface area contributed by atoms with E-state index >= 15 is 0 Å². The molecule has 106 valence electrons. The van der Waals surface area contributed by atoms with Gasteiger partial charge in [-0.25, -0.2) is 4.98 Å². The number of benzene rings is 1. The third kappa shape index (κ3) is 3.08. The van der Waals surface area contributed by atoms with Crippen molar-refractivity contribution in [2.45, 2.75) is 13.3 Å². The number of hydrogen-bond donors (Lipinski definition) is 2. The van der Waals surface area contributed by atoms with Gasteiger partial charge in [-0.3, -0.25) is 4.79 Å². The summed E-state index contributed by atoms with van der Waals surface area (Å²) in [5.41, 5.74) is 6.67. The predicted molar refractivity (Wildman–Crippen MR) is 84.5 cm³/mol. The van der Waals surface area contributed by atoms with Crippen molar-refractivity contribution in [3.8, 4) is 0 Å². The van der Waals surface area contributed by atoms with Crippen LogP contribution in [0.2, 0.25) is 0 Å². The van der Waals surface area contributed by atoms with E-state index in [1.54, 1.807) is 11.9 Å². The molecule has 0 aliphatic carbocycles. The smallest absolute Gasteiger partial charge is 0.272 e. The van der Waals surface area contributed by atoms with E-state index in [4.69, 9.17) is 5.73 Å². The molecular formula is C14H18N4OS. The number of nitrogens with zero attached hydrogens (tertiary/aromatic N) is 2. The molecule has 1 amide bonds. The molecule has 6 heteroatoms. The number of hydrogen-bond acceptors (Lipinski definition) is 5. The van der Waals surface area contributed by atoms with Gasteiger partial charge in [0.2, 0.25) is 0 Å². The van der Waals surface area contributed by atoms with Gasteiger partial charge in [-0.1, -0.05) is 36.5 Å². The SMILES string of the molecule is CCCNc1nc(N)c(C(=O)N(C)c2ccccc2)s1. The second kappa shape index (κ2) is 6.38. The number of aromatic nitrogens is 1. The number of carbonyl (C=O) groups excluding carboxylic acids is 1. The van der Waals surface area contributed by atoms with E-state index in [9.17, 15) is 4.79 Å². The van der Waals surface area contributed by atoms with Gasteiger partial charge in [-0.2, -0.15) is 0 Å². The lowest BCUT2D eigenvalue weighted by molar-refractivity contribution is 0.0997. The average molecular weight is 290 g/mol. The number of anilines is 3. The maximum Gasteiger partial charge on any atom is 0.272 e. The summed E-state index contributed by atoms with van der Waals surface area (Å²) in [6.45, 7) is 2.88. The van der Waals surface area contributed by atoms with E-state index in [1.807, 2.05) is 30.3 Å². The zero-order chi connectivity index (χ0) is 14.5. The van der Waals surface area contributed by atoms with Crippen LogP contribution >= 0.6 is 11.3 Å². The van der Waals surface area contributed by atoms with Gasteiger partial charge in [0.15, 0.2) is 5.13 Å². The highest BCUT2D eigenvalue weighted by molar-refractivity contribution is 7.18. The fourth-order valence-electron chi connectivity index (χ4n) is 1.71. The zero-order valence-corrected chi connectivity index (χ0v) is 12.4. The summed E-state index contributed by atoms with van der Waals surface area (Å²) < 4.78 is 0. The van der Waals surface area contributed by atoms with Gasteiger partial charge in [0.1, 0.15) is 10.7 Å². The normalized spacial score (nSPS) is 10.3. The predicted octanol–water partition coefficient (Wildman–Crippen LogP) is 2.82. The first-order chi connectivity index (χ1) is 9.63. The van der Waals surface area contributed by atoms with Crippen molar-refractivity contribution in [2.24, 2.45) is 0 Å². The lowest BCUT2D eigenvalue weighted by atomic mass is 10.3. The minimum absolute atomic E-state index is 0.143. The summed E-state index contributed by atoms with van der Waals surface area (Å²) in [5, 5.41) is 3.83. The fourth-order valence-corrected chi connectivity index (χ4v) is 2.60. The number of amides is 1. The van der Waals surface area contributed by atoms with Crippen LogP contribution in [0, 0.1) is 0 Å². The van der Waals surface area contributed by atoms with Crippen LogP contribution in [0.15, 0.2) is 30.3 Å². The highest BCUT2D eigenvalue weighted by atomic mass is 32.1. The average Bonchev–Trinajstić information content (AvgIpc) is 2.85. The molecule has 0 saturated heterocycles. The molecular weight excluding hydrogens is 272 g/mol. The maximum absolute atomic E-state index is 12.4. The second-order valence-corrected chi connectivity index (χ2v) is 5.36. The summed E-state index contributed by atoms with van der Waals surface area (Å²) in [7, 11) is 1.73. The van der Waals surface area contributed by atoms with Crippen LogP contribution < -0.4 is 16.0 Å². The number of para-hydroxylation sites is 1. The Hall–Kier alpha value is -2.08. The third-order valence-electron chi connectivity index (χ3n) is 2.82. The highest BCUT2D eigenvalue weighted by Crippen LogP contribution is 2.27. The first kappa shape index (κ1) is 14.3. The zero-order valence-electron chi connectivity index (χ0n) is 11.6. The number of nitrogen functional groups attached to an aromatic ring is 1. The minimum atomic E-state index is -0.143. The van der Waals surface area contributed by atoms with Crippen molar-refractivity contribution in [3.63, 3.8) is 0 Å². The largest absolute Gasteiger partial charge is 0.382 e. The molecule has 0 spiro atoms. The number of nitrogens with two attached hydrogens (primary N) is 1. The Bertz CT molecular complexity index is 582. The van der Waals surface area contributed by atoms with Crippen molar-refractivity contribution in [1.82, 2.24) is 4.98 Å². The van der Waals surface area contributed by atoms with Crippen LogP contribution in [0.25, 0.3) is 0 Å². The third-order valence-corrected chi connectivity index (χ3v) is 3.84. The van der Waals surface area contributed by atoms with Crippen LogP contribution in [-0.4, -0.2) is 24.5 Å². The molecule has 20 heavy (non-hydrogen) atoms. The van der Waals surface area contributed by atoms with E-state index < -0.39 is 0 Å². The van der Waals surface area contributed by atoms with Gasteiger partial charge in [-0.05, 0) is 18.6 Å². The number of thiazole rings is 1. The lowest BCUT2D eigenvalue weighted by Crippen LogP contribution is -2.26. The molecule has 0 aliphatic rings. The number of nitrogens with one attached hydrogen (secondary N) is 1. The molecule has 2 aromatic rings. The molecule has 0 bridgehead atoms. The van der Waals surface area contributed by atoms with Gasteiger partial charge >= 0.3 is 0 Å². The molecule has 2 rings (SSSR count). The summed E-state index contributed by atoms with van der Waals surface area (Å²) in [6.07, 6.45) is 0.993. The summed E-state index contributed by atoms with van der Waals surface area (Å²) in [6, 6.07) is 9.46. The number of rotatable bonds is 5. The molecule has 0 fully saturated rings. The van der Waals surface area contributed by atoms with E-state index in [0.717, 1.165) is 18.7 Å². The molecule has 0 radical (unpaired) electrons. The molecule has 0 atom stereocenters. The van der Waals surface area contributed by atoms with Crippen molar-refractivity contribution in [1.29, 1.82) is 0 Å². The van der Waals surface area contributed by atoms with E-state index in [2.05, 4.69) is 17.2 Å². The Morgan fingerprint density at radius 3 is 2.75 bits per heavy atom. The van der Waals surface area contributed by atoms with Gasteiger partial charge in [0, 0.05) is 19.3 Å². The van der Waals surface area contributed by atoms with Gasteiger partial charge in [-0.15, -0.1) is 0 Å². The molecule has 0 unspecified atom stereocenters. The fraction of sp³-hybridized carbons (Fsp3) is 0.286. The molecule has 1 aromatic carbocycles. The van der Waals surface area contributed by atoms with Gasteiger partial charge < -0.3 is 16.0 Å². The first-order valence-electron chi connectivity index (χ1n) is 6.46. The highest BCUT2D eigenvalue weighted by Gasteiger charge is 2.20. The Morgan fingerprint density at radius 1 is 1.40 bits per heavy atom. The Morgan fingerprint density at radius 2 is 2.10 bits per heavy atom. The molecule has 1 heterocycles. The van der Waals surface area contributed by atoms with Crippen LogP contribution in [0.1, 0.15) is 23.0 Å². The maximum atomic E-state index is 12.4. The monoisotopic (exact) mass is 290 g/mol. The van der Waals surface area contributed by atoms with Gasteiger partial charge in [0.25, 0.3) is 5.91 Å². The lowest BCUT2D eigenvalue weighted by Gasteiger charge is -2.16. The number of carbonyl (C=O) groups is 1. The van der Waals surface area contributed by atoms with Crippen LogP contribution in [0.3, 0.4) is 0 Å². The van der Waals surface area contributed by atoms with E-state index in [1.165, 1.54) is 11.3 Å². The Labute approximate surface area is 122 Å². The molecule has 0 aliphatic heterocycles. The van der Waals surface area contributed by atoms with Crippen molar-refractivity contribution in [3.05, 3.63) is 35.2 Å². The summed E-state index contributed by atoms with van der Waals surface area (Å²) in [5.74, 6) is 0.136.